The van der Waals surface area contributed by atoms with E-state index in [4.69, 9.17) is 4.74 Å². The fraction of sp³-hybridized carbons (Fsp3) is 0.647. The molecule has 0 bridgehead atoms. The molecule has 2 aliphatic heterocycles. The van der Waals surface area contributed by atoms with Gasteiger partial charge in [-0.25, -0.2) is 0 Å². The van der Waals surface area contributed by atoms with Gasteiger partial charge < -0.3 is 15.0 Å². The Bertz CT molecular complexity index is 466. The van der Waals surface area contributed by atoms with Crippen molar-refractivity contribution in [3.63, 3.8) is 0 Å². The van der Waals surface area contributed by atoms with Crippen LogP contribution in [0.3, 0.4) is 0 Å². The predicted octanol–water partition coefficient (Wildman–Crippen LogP) is 2.73. The van der Waals surface area contributed by atoms with Crippen LogP contribution in [0.1, 0.15) is 37.3 Å². The number of hydrogen-bond donors (Lipinski definition) is 1. The van der Waals surface area contributed by atoms with E-state index in [-0.39, 0.29) is 5.60 Å². The molecule has 20 heavy (non-hydrogen) atoms. The minimum Gasteiger partial charge on any atom is -0.374 e. The first-order chi connectivity index (χ1) is 9.66. The molecule has 0 aromatic heterocycles. The van der Waals surface area contributed by atoms with Crippen molar-refractivity contribution in [3.05, 3.63) is 29.3 Å². The highest BCUT2D eigenvalue weighted by atomic mass is 16.5. The van der Waals surface area contributed by atoms with Gasteiger partial charge in [-0.3, -0.25) is 0 Å². The Labute approximate surface area is 122 Å². The highest BCUT2D eigenvalue weighted by Gasteiger charge is 2.28. The molecular formula is C17H26N2O. The molecule has 1 unspecified atom stereocenters. The lowest BCUT2D eigenvalue weighted by Gasteiger charge is -2.28. The van der Waals surface area contributed by atoms with E-state index in [0.29, 0.717) is 0 Å². The van der Waals surface area contributed by atoms with Gasteiger partial charge in [0.2, 0.25) is 0 Å². The van der Waals surface area contributed by atoms with Crippen molar-refractivity contribution in [1.82, 2.24) is 5.32 Å². The van der Waals surface area contributed by atoms with E-state index >= 15 is 0 Å². The van der Waals surface area contributed by atoms with Crippen molar-refractivity contribution >= 4 is 5.69 Å². The van der Waals surface area contributed by atoms with Crippen LogP contribution < -0.4 is 10.2 Å². The summed E-state index contributed by atoms with van der Waals surface area (Å²) in [7, 11) is 2.19. The number of ether oxygens (including phenoxy) is 1. The van der Waals surface area contributed by atoms with Gasteiger partial charge in [0.25, 0.3) is 0 Å². The molecule has 2 heterocycles. The summed E-state index contributed by atoms with van der Waals surface area (Å²) in [6, 6.07) is 6.90. The standard InChI is InChI=1S/C17H26N2O/c1-17(8-4-10-20-17)13-18-12-14-6-7-16-15(11-14)5-3-9-19(16)2/h6-7,11,18H,3-5,8-10,12-13H2,1-2H3. The molecule has 3 nitrogen and oxygen atoms in total. The van der Waals surface area contributed by atoms with E-state index in [9.17, 15) is 0 Å². The molecule has 0 aliphatic carbocycles. The molecule has 3 heteroatoms. The summed E-state index contributed by atoms with van der Waals surface area (Å²) in [6.45, 7) is 6.21. The Hall–Kier alpha value is -1.06. The maximum Gasteiger partial charge on any atom is 0.0779 e. The number of fused-ring (bicyclic) bond motifs is 1. The van der Waals surface area contributed by atoms with Crippen LogP contribution in [-0.4, -0.2) is 32.3 Å². The summed E-state index contributed by atoms with van der Waals surface area (Å²) < 4.78 is 5.81. The van der Waals surface area contributed by atoms with Gasteiger partial charge >= 0.3 is 0 Å². The van der Waals surface area contributed by atoms with E-state index in [2.05, 4.69) is 42.4 Å². The van der Waals surface area contributed by atoms with Crippen LogP contribution in [0.5, 0.6) is 0 Å². The zero-order valence-corrected chi connectivity index (χ0v) is 12.7. The molecule has 2 aliphatic rings. The second-order valence-electron chi connectivity index (χ2n) is 6.49. The van der Waals surface area contributed by atoms with Crippen LogP contribution in [0.4, 0.5) is 5.69 Å². The zero-order valence-electron chi connectivity index (χ0n) is 12.7. The first-order valence-corrected chi connectivity index (χ1v) is 7.84. The number of nitrogens with one attached hydrogen (secondary N) is 1. The van der Waals surface area contributed by atoms with E-state index in [0.717, 1.165) is 19.7 Å². The molecule has 110 valence electrons. The molecule has 1 N–H and O–H groups in total. The van der Waals surface area contributed by atoms with E-state index in [1.165, 1.54) is 49.0 Å². The average Bonchev–Trinajstić information content (AvgIpc) is 2.86. The van der Waals surface area contributed by atoms with E-state index in [1.54, 1.807) is 0 Å². The molecule has 0 saturated carbocycles. The smallest absolute Gasteiger partial charge is 0.0779 e. The van der Waals surface area contributed by atoms with Crippen molar-refractivity contribution < 1.29 is 4.74 Å². The van der Waals surface area contributed by atoms with E-state index in [1.807, 2.05) is 0 Å². The summed E-state index contributed by atoms with van der Waals surface area (Å²) in [5.74, 6) is 0. The Morgan fingerprint density at radius 2 is 2.25 bits per heavy atom. The molecular weight excluding hydrogens is 248 g/mol. The van der Waals surface area contributed by atoms with Crippen molar-refractivity contribution in [2.24, 2.45) is 0 Å². The minimum atomic E-state index is 0.0500. The Morgan fingerprint density at radius 1 is 1.35 bits per heavy atom. The van der Waals surface area contributed by atoms with Gasteiger partial charge in [0, 0.05) is 39.0 Å². The Kier molecular flexibility index (Phi) is 3.99. The molecule has 1 aromatic rings. The second-order valence-corrected chi connectivity index (χ2v) is 6.49. The van der Waals surface area contributed by atoms with Crippen molar-refractivity contribution in [3.8, 4) is 0 Å². The molecule has 1 aromatic carbocycles. The molecule has 1 saturated heterocycles. The second kappa shape index (κ2) is 5.74. The predicted molar refractivity (Wildman–Crippen MR) is 83.3 cm³/mol. The summed E-state index contributed by atoms with van der Waals surface area (Å²) in [5, 5.41) is 3.56. The highest BCUT2D eigenvalue weighted by molar-refractivity contribution is 5.56. The van der Waals surface area contributed by atoms with Gasteiger partial charge in [-0.2, -0.15) is 0 Å². The van der Waals surface area contributed by atoms with Crippen LogP contribution in [0.25, 0.3) is 0 Å². The third kappa shape index (κ3) is 2.99. The summed E-state index contributed by atoms with van der Waals surface area (Å²) in [5.41, 5.74) is 4.35. The van der Waals surface area contributed by atoms with E-state index < -0.39 is 0 Å². The Morgan fingerprint density at radius 3 is 3.05 bits per heavy atom. The normalized spacial score (nSPS) is 25.8. The van der Waals surface area contributed by atoms with Crippen LogP contribution >= 0.6 is 0 Å². The lowest BCUT2D eigenvalue weighted by atomic mass is 9.99. The molecule has 1 fully saturated rings. The number of benzene rings is 1. The third-order valence-electron chi connectivity index (χ3n) is 4.62. The van der Waals surface area contributed by atoms with Crippen LogP contribution in [0.2, 0.25) is 0 Å². The highest BCUT2D eigenvalue weighted by Crippen LogP contribution is 2.27. The Balaban J connectivity index is 1.58. The SMILES string of the molecule is CN1CCCc2cc(CNCC3(C)CCCO3)ccc21. The molecule has 0 amide bonds. The maximum atomic E-state index is 5.81. The third-order valence-corrected chi connectivity index (χ3v) is 4.62. The number of anilines is 1. The molecule has 3 rings (SSSR count). The van der Waals surface area contributed by atoms with Gasteiger partial charge in [-0.05, 0) is 49.8 Å². The lowest BCUT2D eigenvalue weighted by molar-refractivity contribution is 0.0207. The van der Waals surface area contributed by atoms with Crippen molar-refractivity contribution in [2.45, 2.75) is 44.8 Å². The van der Waals surface area contributed by atoms with Gasteiger partial charge in [0.1, 0.15) is 0 Å². The molecule has 0 radical (unpaired) electrons. The van der Waals surface area contributed by atoms with Crippen LogP contribution in [0.15, 0.2) is 18.2 Å². The van der Waals surface area contributed by atoms with Gasteiger partial charge in [-0.15, -0.1) is 0 Å². The maximum absolute atomic E-state index is 5.81. The largest absolute Gasteiger partial charge is 0.374 e. The summed E-state index contributed by atoms with van der Waals surface area (Å²) >= 11 is 0. The summed E-state index contributed by atoms with van der Waals surface area (Å²) in [4.78, 5) is 2.36. The number of rotatable bonds is 4. The van der Waals surface area contributed by atoms with Crippen molar-refractivity contribution in [1.29, 1.82) is 0 Å². The lowest BCUT2D eigenvalue weighted by Crippen LogP contribution is -2.36. The number of aryl methyl sites for hydroxylation is 1. The zero-order chi connectivity index (χ0) is 14.0. The average molecular weight is 274 g/mol. The summed E-state index contributed by atoms with van der Waals surface area (Å²) in [6.07, 6.45) is 4.86. The van der Waals surface area contributed by atoms with Crippen LogP contribution in [0, 0.1) is 0 Å². The first kappa shape index (κ1) is 13.9. The van der Waals surface area contributed by atoms with Gasteiger partial charge in [0.05, 0.1) is 5.60 Å². The van der Waals surface area contributed by atoms with Crippen LogP contribution in [-0.2, 0) is 17.7 Å². The monoisotopic (exact) mass is 274 g/mol. The molecule has 0 spiro atoms. The number of hydrogen-bond acceptors (Lipinski definition) is 3. The number of nitrogens with zero attached hydrogens (tertiary/aromatic N) is 1. The van der Waals surface area contributed by atoms with Crippen molar-refractivity contribution in [2.75, 3.05) is 31.6 Å². The fourth-order valence-electron chi connectivity index (χ4n) is 3.40. The van der Waals surface area contributed by atoms with Gasteiger partial charge in [0.15, 0.2) is 0 Å². The topological polar surface area (TPSA) is 24.5 Å². The fourth-order valence-corrected chi connectivity index (χ4v) is 3.40. The van der Waals surface area contributed by atoms with Gasteiger partial charge in [-0.1, -0.05) is 12.1 Å². The first-order valence-electron chi connectivity index (χ1n) is 7.84. The molecule has 1 atom stereocenters. The minimum absolute atomic E-state index is 0.0500. The quantitative estimate of drug-likeness (QED) is 0.913.